The molecule has 1 saturated heterocycles. The molecule has 3 N–H and O–H groups in total. The van der Waals surface area contributed by atoms with Gasteiger partial charge in [0.1, 0.15) is 12.5 Å². The van der Waals surface area contributed by atoms with Crippen molar-refractivity contribution in [1.29, 1.82) is 0 Å². The fourth-order valence-corrected chi connectivity index (χ4v) is 2.84. The van der Waals surface area contributed by atoms with Gasteiger partial charge in [0.2, 0.25) is 5.96 Å². The van der Waals surface area contributed by atoms with Crippen LogP contribution in [0.5, 0.6) is 0 Å². The van der Waals surface area contributed by atoms with E-state index in [1.54, 1.807) is 0 Å². The van der Waals surface area contributed by atoms with Crippen LogP contribution in [-0.2, 0) is 0 Å². The molecule has 0 spiro atoms. The number of pyridine rings is 1. The van der Waals surface area contributed by atoms with Crippen molar-refractivity contribution in [3.8, 4) is 0 Å². The average Bonchev–Trinajstić information content (AvgIpc) is 3.12. The zero-order valence-electron chi connectivity index (χ0n) is 13.4. The van der Waals surface area contributed by atoms with Gasteiger partial charge >= 0.3 is 0 Å². The number of hydrogen-bond acceptors (Lipinski definition) is 7. The molecule has 0 saturated carbocycles. The van der Waals surface area contributed by atoms with E-state index in [0.717, 1.165) is 49.3 Å². The molecule has 4 rings (SSSR count). The lowest BCUT2D eigenvalue weighted by molar-refractivity contribution is 0.585. The molecular formula is C17H21N7. The number of rotatable bonds is 3. The number of hydrazine groups is 1. The molecule has 124 valence electrons. The van der Waals surface area contributed by atoms with Crippen LogP contribution in [-0.4, -0.2) is 43.8 Å². The van der Waals surface area contributed by atoms with Crippen LogP contribution < -0.4 is 26.0 Å². The van der Waals surface area contributed by atoms with E-state index in [1.165, 1.54) is 0 Å². The first-order chi connectivity index (χ1) is 11.9. The lowest BCUT2D eigenvalue weighted by Gasteiger charge is -2.28. The summed E-state index contributed by atoms with van der Waals surface area (Å²) < 4.78 is 0. The molecule has 1 aromatic carbocycles. The number of nitrogens with one attached hydrogen (secondary N) is 3. The molecule has 24 heavy (non-hydrogen) atoms. The van der Waals surface area contributed by atoms with E-state index in [1.807, 2.05) is 35.5 Å². The van der Waals surface area contributed by atoms with Crippen LogP contribution in [0.2, 0.25) is 0 Å². The molecule has 7 nitrogen and oxygen atoms in total. The molecule has 7 heteroatoms. The maximum Gasteiger partial charge on any atom is 0.217 e. The van der Waals surface area contributed by atoms with Gasteiger partial charge in [-0.2, -0.15) is 0 Å². The molecule has 2 aromatic rings. The van der Waals surface area contributed by atoms with Crippen molar-refractivity contribution >= 4 is 23.2 Å². The standard InChI is InChI=1S/C17H21N7/c1-2-4-15(5-3-1)24-13-20-17(22-24)21-14-6-7-16(19-12-14)23-10-8-18-9-11-23/h1-7,12,18H,8-11,13H2,(H2,20,21,22). The van der Waals surface area contributed by atoms with Crippen LogP contribution in [0.4, 0.5) is 17.2 Å². The number of guanidine groups is 1. The molecule has 0 atom stereocenters. The monoisotopic (exact) mass is 323 g/mol. The summed E-state index contributed by atoms with van der Waals surface area (Å²) in [4.78, 5) is 11.3. The maximum atomic E-state index is 4.56. The molecule has 0 radical (unpaired) electrons. The average molecular weight is 323 g/mol. The van der Waals surface area contributed by atoms with Crippen LogP contribution in [0.1, 0.15) is 0 Å². The van der Waals surface area contributed by atoms with Gasteiger partial charge in [-0.05, 0) is 24.3 Å². The summed E-state index contributed by atoms with van der Waals surface area (Å²) in [6.07, 6.45) is 1.85. The Morgan fingerprint density at radius 1 is 1.00 bits per heavy atom. The Bertz CT molecular complexity index is 693. The normalized spacial score (nSPS) is 17.4. The summed E-state index contributed by atoms with van der Waals surface area (Å²) in [5.41, 5.74) is 5.27. The summed E-state index contributed by atoms with van der Waals surface area (Å²) in [5, 5.41) is 8.62. The summed E-state index contributed by atoms with van der Waals surface area (Å²) in [6.45, 7) is 4.61. The minimum absolute atomic E-state index is 0.582. The zero-order valence-corrected chi connectivity index (χ0v) is 13.4. The van der Waals surface area contributed by atoms with E-state index < -0.39 is 0 Å². The Kier molecular flexibility index (Phi) is 4.16. The quantitative estimate of drug-likeness (QED) is 0.790. The Morgan fingerprint density at radius 2 is 1.83 bits per heavy atom. The first-order valence-electron chi connectivity index (χ1n) is 8.21. The number of aromatic nitrogens is 1. The second-order valence-corrected chi connectivity index (χ2v) is 5.79. The SMILES string of the molecule is c1ccc(N2CN=C(Nc3ccc(N4CCNCC4)nc3)N2)cc1. The van der Waals surface area contributed by atoms with Crippen molar-refractivity contribution in [2.24, 2.45) is 4.99 Å². The summed E-state index contributed by atoms with van der Waals surface area (Å²) in [5.74, 6) is 1.75. The number of aliphatic imine (C=N–C) groups is 1. The first kappa shape index (κ1) is 14.8. The number of nitrogens with zero attached hydrogens (tertiary/aromatic N) is 4. The van der Waals surface area contributed by atoms with Crippen molar-refractivity contribution in [1.82, 2.24) is 15.7 Å². The summed E-state index contributed by atoms with van der Waals surface area (Å²) in [6, 6.07) is 14.2. The van der Waals surface area contributed by atoms with E-state index in [0.29, 0.717) is 6.67 Å². The van der Waals surface area contributed by atoms with Gasteiger partial charge in [-0.25, -0.2) is 9.98 Å². The highest BCUT2D eigenvalue weighted by molar-refractivity contribution is 5.95. The molecular weight excluding hydrogens is 302 g/mol. The van der Waals surface area contributed by atoms with Crippen molar-refractivity contribution in [2.75, 3.05) is 48.1 Å². The fraction of sp³-hybridized carbons (Fsp3) is 0.294. The van der Waals surface area contributed by atoms with Crippen LogP contribution >= 0.6 is 0 Å². The molecule has 0 bridgehead atoms. The lowest BCUT2D eigenvalue weighted by atomic mass is 10.3. The molecule has 3 heterocycles. The molecule has 2 aliphatic rings. The Morgan fingerprint density at radius 3 is 2.58 bits per heavy atom. The van der Waals surface area contributed by atoms with Crippen LogP contribution in [0, 0.1) is 0 Å². The number of piperazine rings is 1. The van der Waals surface area contributed by atoms with Crippen LogP contribution in [0.15, 0.2) is 53.7 Å². The van der Waals surface area contributed by atoms with E-state index >= 15 is 0 Å². The number of para-hydroxylation sites is 1. The third kappa shape index (κ3) is 3.26. The van der Waals surface area contributed by atoms with Crippen molar-refractivity contribution in [2.45, 2.75) is 0 Å². The van der Waals surface area contributed by atoms with Gasteiger partial charge in [0, 0.05) is 26.2 Å². The van der Waals surface area contributed by atoms with Gasteiger partial charge in [-0.15, -0.1) is 0 Å². The molecule has 2 aliphatic heterocycles. The number of hydrogen-bond donors (Lipinski definition) is 3. The summed E-state index contributed by atoms with van der Waals surface area (Å²) in [7, 11) is 0. The molecule has 0 unspecified atom stereocenters. The van der Waals surface area contributed by atoms with E-state index in [2.05, 4.69) is 49.1 Å². The minimum atomic E-state index is 0.582. The zero-order chi connectivity index (χ0) is 16.2. The predicted molar refractivity (Wildman–Crippen MR) is 97.3 cm³/mol. The van der Waals surface area contributed by atoms with Gasteiger partial charge in [0.15, 0.2) is 0 Å². The highest BCUT2D eigenvalue weighted by Crippen LogP contribution is 2.16. The van der Waals surface area contributed by atoms with Gasteiger partial charge in [0.05, 0.1) is 17.6 Å². The maximum absolute atomic E-state index is 4.56. The van der Waals surface area contributed by atoms with E-state index in [4.69, 9.17) is 0 Å². The number of anilines is 3. The van der Waals surface area contributed by atoms with E-state index in [-0.39, 0.29) is 0 Å². The molecule has 0 amide bonds. The third-order valence-electron chi connectivity index (χ3n) is 4.13. The Hall–Kier alpha value is -2.80. The van der Waals surface area contributed by atoms with Gasteiger partial charge in [0.25, 0.3) is 0 Å². The summed E-state index contributed by atoms with van der Waals surface area (Å²) >= 11 is 0. The fourth-order valence-electron chi connectivity index (χ4n) is 2.84. The topological polar surface area (TPSA) is 67.8 Å². The third-order valence-corrected chi connectivity index (χ3v) is 4.13. The Labute approximate surface area is 141 Å². The largest absolute Gasteiger partial charge is 0.354 e. The minimum Gasteiger partial charge on any atom is -0.354 e. The second kappa shape index (κ2) is 6.76. The second-order valence-electron chi connectivity index (χ2n) is 5.79. The van der Waals surface area contributed by atoms with Crippen molar-refractivity contribution in [3.63, 3.8) is 0 Å². The first-order valence-corrected chi connectivity index (χ1v) is 8.21. The molecule has 1 aromatic heterocycles. The van der Waals surface area contributed by atoms with Gasteiger partial charge < -0.3 is 15.5 Å². The smallest absolute Gasteiger partial charge is 0.217 e. The number of benzene rings is 1. The Balaban J connectivity index is 1.36. The van der Waals surface area contributed by atoms with Gasteiger partial charge in [-0.3, -0.25) is 10.4 Å². The van der Waals surface area contributed by atoms with Crippen molar-refractivity contribution in [3.05, 3.63) is 48.7 Å². The molecule has 1 fully saturated rings. The highest BCUT2D eigenvalue weighted by atomic mass is 15.6. The molecule has 0 aliphatic carbocycles. The van der Waals surface area contributed by atoms with Crippen LogP contribution in [0.25, 0.3) is 0 Å². The lowest BCUT2D eigenvalue weighted by Crippen LogP contribution is -2.43. The predicted octanol–water partition coefficient (Wildman–Crippen LogP) is 1.24. The van der Waals surface area contributed by atoms with Gasteiger partial charge in [-0.1, -0.05) is 18.2 Å². The highest BCUT2D eigenvalue weighted by Gasteiger charge is 2.15. The van der Waals surface area contributed by atoms with Crippen molar-refractivity contribution < 1.29 is 0 Å². The van der Waals surface area contributed by atoms with E-state index in [9.17, 15) is 0 Å². The van der Waals surface area contributed by atoms with Crippen LogP contribution in [0.3, 0.4) is 0 Å².